The van der Waals surface area contributed by atoms with Crippen molar-refractivity contribution in [3.63, 3.8) is 0 Å². The molecule has 0 unspecified atom stereocenters. The molecule has 0 aromatic heterocycles. The fourth-order valence-corrected chi connectivity index (χ4v) is 0.706. The molecule has 9 heavy (non-hydrogen) atoms. The number of unbranched alkanes of at least 4 members (excludes halogenated alkanes) is 4. The first-order valence-electron chi connectivity index (χ1n) is 3.50. The van der Waals surface area contributed by atoms with Crippen molar-refractivity contribution < 1.29 is 34.7 Å². The minimum atomic E-state index is 0. The van der Waals surface area contributed by atoms with E-state index in [0.717, 1.165) is 12.8 Å². The van der Waals surface area contributed by atoms with E-state index in [1.165, 1.54) is 19.3 Å². The predicted molar refractivity (Wildman–Crippen MR) is 33.6 cm³/mol. The van der Waals surface area contributed by atoms with Crippen LogP contribution in [0, 0.1) is 0 Å². The summed E-state index contributed by atoms with van der Waals surface area (Å²) in [6, 6.07) is 0. The van der Waals surface area contributed by atoms with Gasteiger partial charge in [0.1, 0.15) is 0 Å². The average Bonchev–Trinajstić information content (AvgIpc) is 1.81. The molecule has 0 aliphatic rings. The average molecular weight is 138 g/mol. The quantitative estimate of drug-likeness (QED) is 0.329. The first-order chi connectivity index (χ1) is 3.91. The SMILES string of the molecule is CCCCCCC[O-].[Na+]. The molecular weight excluding hydrogens is 123 g/mol. The van der Waals surface area contributed by atoms with Crippen LogP contribution in [0.15, 0.2) is 0 Å². The van der Waals surface area contributed by atoms with Crippen molar-refractivity contribution in [3.8, 4) is 0 Å². The van der Waals surface area contributed by atoms with Crippen molar-refractivity contribution in [1.82, 2.24) is 0 Å². The van der Waals surface area contributed by atoms with Gasteiger partial charge < -0.3 is 5.11 Å². The molecule has 0 saturated heterocycles. The molecule has 0 fully saturated rings. The van der Waals surface area contributed by atoms with Gasteiger partial charge in [-0.05, 0) is 0 Å². The number of rotatable bonds is 5. The third kappa shape index (κ3) is 12.2. The van der Waals surface area contributed by atoms with Gasteiger partial charge >= 0.3 is 29.6 Å². The van der Waals surface area contributed by atoms with Crippen LogP contribution < -0.4 is 34.7 Å². The smallest absolute Gasteiger partial charge is 0.854 e. The molecule has 0 atom stereocenters. The van der Waals surface area contributed by atoms with Crippen LogP contribution in [-0.4, -0.2) is 6.61 Å². The summed E-state index contributed by atoms with van der Waals surface area (Å²) in [5, 5.41) is 9.89. The second-order valence-corrected chi connectivity index (χ2v) is 2.12. The molecule has 50 valence electrons. The fourth-order valence-electron chi connectivity index (χ4n) is 0.706. The van der Waals surface area contributed by atoms with E-state index in [1.54, 1.807) is 0 Å². The van der Waals surface area contributed by atoms with Gasteiger partial charge in [-0.3, -0.25) is 0 Å². The van der Waals surface area contributed by atoms with Crippen LogP contribution >= 0.6 is 0 Å². The molecule has 0 aromatic carbocycles. The molecule has 0 saturated carbocycles. The molecule has 0 heterocycles. The Bertz CT molecular complexity index is 33.9. The van der Waals surface area contributed by atoms with Crippen LogP contribution in [0.3, 0.4) is 0 Å². The van der Waals surface area contributed by atoms with Crippen molar-refractivity contribution in [2.24, 2.45) is 0 Å². The third-order valence-electron chi connectivity index (χ3n) is 1.25. The summed E-state index contributed by atoms with van der Waals surface area (Å²) in [6.45, 7) is 2.29. The Kier molecular flexibility index (Phi) is 16.4. The molecule has 0 aliphatic carbocycles. The maximum absolute atomic E-state index is 9.89. The summed E-state index contributed by atoms with van der Waals surface area (Å²) < 4.78 is 0. The molecular formula is C7H15NaO. The van der Waals surface area contributed by atoms with Gasteiger partial charge in [0, 0.05) is 0 Å². The van der Waals surface area contributed by atoms with E-state index in [-0.39, 0.29) is 36.2 Å². The van der Waals surface area contributed by atoms with Crippen molar-refractivity contribution in [2.45, 2.75) is 39.0 Å². The predicted octanol–water partition coefficient (Wildman–Crippen LogP) is -1.68. The summed E-state index contributed by atoms with van der Waals surface area (Å²) >= 11 is 0. The van der Waals surface area contributed by atoms with Crippen LogP contribution in [0.1, 0.15) is 39.0 Å². The van der Waals surface area contributed by atoms with Crippen LogP contribution in [0.2, 0.25) is 0 Å². The molecule has 2 heteroatoms. The zero-order valence-corrected chi connectivity index (χ0v) is 8.65. The maximum Gasteiger partial charge on any atom is 1.00 e. The molecule has 0 bridgehead atoms. The zero-order valence-electron chi connectivity index (χ0n) is 6.65. The largest absolute Gasteiger partial charge is 1.00 e. The normalized spacial score (nSPS) is 8.67. The summed E-state index contributed by atoms with van der Waals surface area (Å²) in [6.07, 6.45) is 5.81. The van der Waals surface area contributed by atoms with E-state index in [4.69, 9.17) is 0 Å². The number of hydrogen-bond donors (Lipinski definition) is 0. The van der Waals surface area contributed by atoms with Gasteiger partial charge in [0.15, 0.2) is 0 Å². The van der Waals surface area contributed by atoms with E-state index in [9.17, 15) is 5.11 Å². The van der Waals surface area contributed by atoms with Crippen molar-refractivity contribution in [3.05, 3.63) is 0 Å². The van der Waals surface area contributed by atoms with Gasteiger partial charge in [-0.2, -0.15) is 0 Å². The number of hydrogen-bond acceptors (Lipinski definition) is 1. The Hall–Kier alpha value is 0.960. The van der Waals surface area contributed by atoms with Crippen LogP contribution in [0.4, 0.5) is 0 Å². The van der Waals surface area contributed by atoms with Gasteiger partial charge in [-0.1, -0.05) is 39.0 Å². The van der Waals surface area contributed by atoms with Gasteiger partial charge in [0.05, 0.1) is 0 Å². The zero-order chi connectivity index (χ0) is 6.24. The van der Waals surface area contributed by atoms with Gasteiger partial charge in [0.2, 0.25) is 0 Å². The molecule has 0 spiro atoms. The summed E-state index contributed by atoms with van der Waals surface area (Å²) in [7, 11) is 0. The van der Waals surface area contributed by atoms with E-state index in [0.29, 0.717) is 0 Å². The fraction of sp³-hybridized carbons (Fsp3) is 1.00. The van der Waals surface area contributed by atoms with E-state index < -0.39 is 0 Å². The third-order valence-corrected chi connectivity index (χ3v) is 1.25. The van der Waals surface area contributed by atoms with Crippen LogP contribution in [0.5, 0.6) is 0 Å². The molecule has 1 nitrogen and oxygen atoms in total. The molecule has 0 radical (unpaired) electrons. The molecule has 0 N–H and O–H groups in total. The topological polar surface area (TPSA) is 23.1 Å². The van der Waals surface area contributed by atoms with Gasteiger partial charge in [-0.25, -0.2) is 0 Å². The van der Waals surface area contributed by atoms with Crippen LogP contribution in [-0.2, 0) is 0 Å². The van der Waals surface area contributed by atoms with Gasteiger partial charge in [-0.15, -0.1) is 6.61 Å². The van der Waals surface area contributed by atoms with E-state index in [2.05, 4.69) is 6.92 Å². The van der Waals surface area contributed by atoms with Gasteiger partial charge in [0.25, 0.3) is 0 Å². The second kappa shape index (κ2) is 11.7. The molecule has 0 amide bonds. The summed E-state index contributed by atoms with van der Waals surface area (Å²) in [5.74, 6) is 0. The van der Waals surface area contributed by atoms with E-state index in [1.807, 2.05) is 0 Å². The van der Waals surface area contributed by atoms with Crippen LogP contribution in [0.25, 0.3) is 0 Å². The minimum absolute atomic E-state index is 0. The summed E-state index contributed by atoms with van der Waals surface area (Å²) in [5.41, 5.74) is 0. The first kappa shape index (κ1) is 12.6. The Labute approximate surface area is 80.1 Å². The van der Waals surface area contributed by atoms with Crippen molar-refractivity contribution >= 4 is 0 Å². The molecule has 0 aliphatic heterocycles. The van der Waals surface area contributed by atoms with E-state index >= 15 is 0 Å². The Morgan fingerprint density at radius 2 is 1.56 bits per heavy atom. The standard InChI is InChI=1S/C7H15O.Na/c1-2-3-4-5-6-7-8;/h2-7H2,1H3;/q-1;+1. The monoisotopic (exact) mass is 138 g/mol. The Morgan fingerprint density at radius 3 is 2.00 bits per heavy atom. The molecule has 0 aromatic rings. The summed E-state index contributed by atoms with van der Waals surface area (Å²) in [4.78, 5) is 0. The Balaban J connectivity index is 0. The first-order valence-corrected chi connectivity index (χ1v) is 3.50. The second-order valence-electron chi connectivity index (χ2n) is 2.12. The Morgan fingerprint density at radius 1 is 1.00 bits per heavy atom. The molecule has 0 rings (SSSR count). The van der Waals surface area contributed by atoms with Crippen molar-refractivity contribution in [2.75, 3.05) is 6.61 Å². The maximum atomic E-state index is 9.89. The van der Waals surface area contributed by atoms with Crippen molar-refractivity contribution in [1.29, 1.82) is 0 Å². The minimum Gasteiger partial charge on any atom is -0.854 e.